The summed E-state index contributed by atoms with van der Waals surface area (Å²) in [6.45, 7) is 2.03. The van der Waals surface area contributed by atoms with E-state index in [1.165, 1.54) is 19.4 Å². The Morgan fingerprint density at radius 2 is 1.79 bits per heavy atom. The number of nitrogens with zero attached hydrogens (tertiary/aromatic N) is 2. The summed E-state index contributed by atoms with van der Waals surface area (Å²) in [5, 5.41) is 2.53. The molecule has 1 unspecified atom stereocenters. The van der Waals surface area contributed by atoms with Crippen molar-refractivity contribution in [1.29, 1.82) is 0 Å². The first-order valence-corrected chi connectivity index (χ1v) is 10.1. The van der Waals surface area contributed by atoms with Gasteiger partial charge in [0.15, 0.2) is 6.10 Å². The molecule has 156 valence electrons. The van der Waals surface area contributed by atoms with E-state index in [-0.39, 0.29) is 29.6 Å². The number of amides is 4. The Bertz CT molecular complexity index is 803. The molecule has 1 saturated heterocycles. The van der Waals surface area contributed by atoms with Gasteiger partial charge >= 0.3 is 12.0 Å². The first kappa shape index (κ1) is 20.8. The fourth-order valence-electron chi connectivity index (χ4n) is 3.85. The highest BCUT2D eigenvalue weighted by Crippen LogP contribution is 2.24. The van der Waals surface area contributed by atoms with Crippen molar-refractivity contribution >= 4 is 23.8 Å². The molecule has 1 atom stereocenters. The van der Waals surface area contributed by atoms with Gasteiger partial charge in [-0.1, -0.05) is 31.4 Å². The van der Waals surface area contributed by atoms with Crippen LogP contribution in [0, 0.1) is 0 Å². The van der Waals surface area contributed by atoms with Crippen molar-refractivity contribution in [2.24, 2.45) is 0 Å². The first-order chi connectivity index (χ1) is 13.9. The Morgan fingerprint density at radius 3 is 2.41 bits per heavy atom. The van der Waals surface area contributed by atoms with Crippen molar-refractivity contribution in [2.75, 3.05) is 20.1 Å². The molecule has 2 aliphatic rings. The summed E-state index contributed by atoms with van der Waals surface area (Å²) in [5.41, 5.74) is 0.370. The summed E-state index contributed by atoms with van der Waals surface area (Å²) < 4.78 is 5.29. The van der Waals surface area contributed by atoms with Crippen molar-refractivity contribution in [2.45, 2.75) is 51.2 Å². The Kier molecular flexibility index (Phi) is 6.51. The molecule has 3 rings (SSSR count). The second kappa shape index (κ2) is 9.07. The molecule has 0 radical (unpaired) electrons. The molecule has 8 heteroatoms. The molecular weight excluding hydrogens is 374 g/mol. The van der Waals surface area contributed by atoms with Crippen LogP contribution in [0.25, 0.3) is 0 Å². The predicted molar refractivity (Wildman–Crippen MR) is 105 cm³/mol. The van der Waals surface area contributed by atoms with Crippen LogP contribution < -0.4 is 5.32 Å². The van der Waals surface area contributed by atoms with E-state index in [1.54, 1.807) is 30.1 Å². The van der Waals surface area contributed by atoms with Gasteiger partial charge in [0.1, 0.15) is 0 Å². The Labute approximate surface area is 170 Å². The number of carbonyl (C=O) groups excluding carboxylic acids is 4. The molecule has 1 aliphatic heterocycles. The Morgan fingerprint density at radius 1 is 1.14 bits per heavy atom. The summed E-state index contributed by atoms with van der Waals surface area (Å²) >= 11 is 0. The third-order valence-electron chi connectivity index (χ3n) is 5.57. The largest absolute Gasteiger partial charge is 0.449 e. The smallest absolute Gasteiger partial charge is 0.339 e. The summed E-state index contributed by atoms with van der Waals surface area (Å²) in [6.07, 6.45) is 4.15. The van der Waals surface area contributed by atoms with Crippen LogP contribution in [-0.2, 0) is 9.53 Å². The van der Waals surface area contributed by atoms with Crippen LogP contribution in [0.1, 0.15) is 59.7 Å². The zero-order valence-electron chi connectivity index (χ0n) is 16.8. The quantitative estimate of drug-likeness (QED) is 0.763. The SMILES string of the molecule is CC(OC(=O)c1ccccc1C(=O)N(C)C1CCCCC1)C(=O)N1CCNC1=O. The van der Waals surface area contributed by atoms with Gasteiger partial charge in [-0.3, -0.25) is 14.5 Å². The molecule has 0 spiro atoms. The van der Waals surface area contributed by atoms with Crippen LogP contribution in [0.3, 0.4) is 0 Å². The van der Waals surface area contributed by atoms with E-state index in [9.17, 15) is 19.2 Å². The maximum Gasteiger partial charge on any atom is 0.339 e. The van der Waals surface area contributed by atoms with Crippen LogP contribution in [0.4, 0.5) is 4.79 Å². The maximum atomic E-state index is 13.0. The summed E-state index contributed by atoms with van der Waals surface area (Å²) in [7, 11) is 1.76. The van der Waals surface area contributed by atoms with Gasteiger partial charge < -0.3 is 15.0 Å². The minimum Gasteiger partial charge on any atom is -0.449 e. The van der Waals surface area contributed by atoms with Crippen molar-refractivity contribution < 1.29 is 23.9 Å². The van der Waals surface area contributed by atoms with Crippen molar-refractivity contribution in [1.82, 2.24) is 15.1 Å². The molecule has 8 nitrogen and oxygen atoms in total. The first-order valence-electron chi connectivity index (χ1n) is 10.1. The Hall–Kier alpha value is -2.90. The second-order valence-electron chi connectivity index (χ2n) is 7.52. The highest BCUT2D eigenvalue weighted by atomic mass is 16.5. The molecule has 29 heavy (non-hydrogen) atoms. The Balaban J connectivity index is 1.71. The fourth-order valence-corrected chi connectivity index (χ4v) is 3.85. The predicted octanol–water partition coefficient (Wildman–Crippen LogP) is 2.19. The fraction of sp³-hybridized carbons (Fsp3) is 0.524. The third kappa shape index (κ3) is 4.58. The number of hydrogen-bond donors (Lipinski definition) is 1. The lowest BCUT2D eigenvalue weighted by atomic mass is 9.94. The van der Waals surface area contributed by atoms with Gasteiger partial charge in [-0.25, -0.2) is 9.59 Å². The van der Waals surface area contributed by atoms with Crippen molar-refractivity contribution in [3.63, 3.8) is 0 Å². The molecule has 4 amide bonds. The second-order valence-corrected chi connectivity index (χ2v) is 7.52. The molecular formula is C21H27N3O5. The summed E-state index contributed by atoms with van der Waals surface area (Å²) in [6, 6.07) is 6.12. The van der Waals surface area contributed by atoms with E-state index in [4.69, 9.17) is 4.74 Å². The zero-order chi connectivity index (χ0) is 21.0. The maximum absolute atomic E-state index is 13.0. The summed E-state index contributed by atoms with van der Waals surface area (Å²) in [5.74, 6) is -1.58. The monoisotopic (exact) mass is 401 g/mol. The average molecular weight is 401 g/mol. The van der Waals surface area contributed by atoms with E-state index < -0.39 is 24.0 Å². The molecule has 1 aromatic rings. The van der Waals surface area contributed by atoms with Gasteiger partial charge in [-0.05, 0) is 31.9 Å². The van der Waals surface area contributed by atoms with Crippen LogP contribution in [0.5, 0.6) is 0 Å². The number of benzene rings is 1. The van der Waals surface area contributed by atoms with Gasteiger partial charge in [0.2, 0.25) is 0 Å². The van der Waals surface area contributed by atoms with Crippen LogP contribution >= 0.6 is 0 Å². The zero-order valence-corrected chi connectivity index (χ0v) is 16.8. The third-order valence-corrected chi connectivity index (χ3v) is 5.57. The van der Waals surface area contributed by atoms with Crippen molar-refractivity contribution in [3.8, 4) is 0 Å². The number of nitrogens with one attached hydrogen (secondary N) is 1. The standard InChI is InChI=1S/C21H27N3O5/c1-14(18(25)24-13-12-22-21(24)28)29-20(27)17-11-7-6-10-16(17)19(26)23(2)15-8-4-3-5-9-15/h6-7,10-11,14-15H,3-5,8-9,12-13H2,1-2H3,(H,22,28). The molecule has 1 heterocycles. The van der Waals surface area contributed by atoms with Gasteiger partial charge in [-0.15, -0.1) is 0 Å². The number of urea groups is 1. The molecule has 2 fully saturated rings. The normalized spacial score (nSPS) is 18.1. The van der Waals surface area contributed by atoms with E-state index in [0.717, 1.165) is 30.6 Å². The summed E-state index contributed by atoms with van der Waals surface area (Å²) in [4.78, 5) is 52.5. The lowest BCUT2D eigenvalue weighted by Gasteiger charge is -2.31. The van der Waals surface area contributed by atoms with E-state index in [2.05, 4.69) is 5.32 Å². The van der Waals surface area contributed by atoms with E-state index in [1.807, 2.05) is 0 Å². The number of ether oxygens (including phenoxy) is 1. The number of rotatable bonds is 5. The minimum atomic E-state index is -1.13. The van der Waals surface area contributed by atoms with Gasteiger partial charge in [0.25, 0.3) is 11.8 Å². The van der Waals surface area contributed by atoms with E-state index >= 15 is 0 Å². The lowest BCUT2D eigenvalue weighted by molar-refractivity contribution is -0.136. The highest BCUT2D eigenvalue weighted by Gasteiger charge is 2.33. The lowest BCUT2D eigenvalue weighted by Crippen LogP contribution is -2.42. The van der Waals surface area contributed by atoms with Crippen LogP contribution in [0.2, 0.25) is 0 Å². The van der Waals surface area contributed by atoms with Crippen molar-refractivity contribution in [3.05, 3.63) is 35.4 Å². The van der Waals surface area contributed by atoms with Gasteiger partial charge in [0.05, 0.1) is 11.1 Å². The molecule has 1 N–H and O–H groups in total. The minimum absolute atomic E-state index is 0.116. The number of esters is 1. The highest BCUT2D eigenvalue weighted by molar-refractivity contribution is 6.06. The molecule has 1 saturated carbocycles. The van der Waals surface area contributed by atoms with Crippen LogP contribution in [-0.4, -0.2) is 65.9 Å². The number of carbonyl (C=O) groups is 4. The number of hydrogen-bond acceptors (Lipinski definition) is 5. The number of imide groups is 1. The van der Waals surface area contributed by atoms with E-state index in [0.29, 0.717) is 6.54 Å². The molecule has 0 bridgehead atoms. The van der Waals surface area contributed by atoms with Gasteiger partial charge in [-0.2, -0.15) is 0 Å². The average Bonchev–Trinajstić information content (AvgIpc) is 3.18. The van der Waals surface area contributed by atoms with Gasteiger partial charge in [0, 0.05) is 26.2 Å². The van der Waals surface area contributed by atoms with Crippen LogP contribution in [0.15, 0.2) is 24.3 Å². The molecule has 1 aliphatic carbocycles. The molecule has 1 aromatic carbocycles. The topological polar surface area (TPSA) is 96.0 Å². The molecule has 0 aromatic heterocycles.